The first-order chi connectivity index (χ1) is 9.61. The van der Waals surface area contributed by atoms with Gasteiger partial charge < -0.3 is 14.8 Å². The molecule has 2 aromatic rings. The Hall–Kier alpha value is -1.56. The highest BCUT2D eigenvalue weighted by Crippen LogP contribution is 2.28. The highest BCUT2D eigenvalue weighted by molar-refractivity contribution is 6.42. The number of aliphatic hydroxyl groups is 1. The number of halogens is 2. The van der Waals surface area contributed by atoms with Crippen molar-refractivity contribution in [2.24, 2.45) is 0 Å². The van der Waals surface area contributed by atoms with E-state index in [2.05, 4.69) is 10.3 Å². The standard InChI is InChI=1S/C13H12Cl2N2O3/c14-9-3-2-8(6-10(9)15)13-17-11(7-20-13)12(19)16-4-1-5-18/h2-3,6-7,18H,1,4-5H2,(H,16,19). The van der Waals surface area contributed by atoms with Gasteiger partial charge in [-0.2, -0.15) is 0 Å². The predicted octanol–water partition coefficient (Wildman–Crippen LogP) is 2.76. The predicted molar refractivity (Wildman–Crippen MR) is 76.0 cm³/mol. The molecule has 106 valence electrons. The molecule has 0 aliphatic carbocycles. The zero-order chi connectivity index (χ0) is 14.5. The Morgan fingerprint density at radius 2 is 2.15 bits per heavy atom. The minimum Gasteiger partial charge on any atom is -0.444 e. The Balaban J connectivity index is 2.12. The van der Waals surface area contributed by atoms with E-state index >= 15 is 0 Å². The summed E-state index contributed by atoms with van der Waals surface area (Å²) in [5, 5.41) is 12.1. The SMILES string of the molecule is O=C(NCCCO)c1coc(-c2ccc(Cl)c(Cl)c2)n1. The summed E-state index contributed by atoms with van der Waals surface area (Å²) < 4.78 is 5.25. The second kappa shape index (κ2) is 6.74. The number of nitrogens with zero attached hydrogens (tertiary/aromatic N) is 1. The maximum atomic E-state index is 11.7. The fourth-order valence-electron chi connectivity index (χ4n) is 1.51. The van der Waals surface area contributed by atoms with E-state index in [1.165, 1.54) is 6.26 Å². The number of rotatable bonds is 5. The first-order valence-electron chi connectivity index (χ1n) is 5.92. The molecule has 2 N–H and O–H groups in total. The van der Waals surface area contributed by atoms with Gasteiger partial charge in [-0.15, -0.1) is 0 Å². The number of hydrogen-bond donors (Lipinski definition) is 2. The van der Waals surface area contributed by atoms with Crippen molar-refractivity contribution in [1.82, 2.24) is 10.3 Å². The fourth-order valence-corrected chi connectivity index (χ4v) is 1.81. The van der Waals surface area contributed by atoms with Crippen molar-refractivity contribution in [3.05, 3.63) is 40.2 Å². The molecular weight excluding hydrogens is 303 g/mol. The van der Waals surface area contributed by atoms with E-state index in [1.807, 2.05) is 0 Å². The monoisotopic (exact) mass is 314 g/mol. The lowest BCUT2D eigenvalue weighted by Crippen LogP contribution is -2.25. The third-order valence-corrected chi connectivity index (χ3v) is 3.26. The molecule has 0 saturated heterocycles. The van der Waals surface area contributed by atoms with E-state index in [4.69, 9.17) is 32.7 Å². The van der Waals surface area contributed by atoms with E-state index in [-0.39, 0.29) is 24.1 Å². The smallest absolute Gasteiger partial charge is 0.273 e. The summed E-state index contributed by atoms with van der Waals surface area (Å²) in [7, 11) is 0. The average Bonchev–Trinajstić information content (AvgIpc) is 2.92. The molecule has 20 heavy (non-hydrogen) atoms. The van der Waals surface area contributed by atoms with Gasteiger partial charge in [-0.25, -0.2) is 4.98 Å². The molecule has 0 saturated carbocycles. The van der Waals surface area contributed by atoms with Crippen LogP contribution < -0.4 is 5.32 Å². The van der Waals surface area contributed by atoms with Crippen LogP contribution in [-0.2, 0) is 0 Å². The van der Waals surface area contributed by atoms with Gasteiger partial charge in [0.2, 0.25) is 5.89 Å². The molecule has 0 unspecified atom stereocenters. The Morgan fingerprint density at radius 1 is 1.35 bits per heavy atom. The normalized spacial score (nSPS) is 10.6. The molecule has 7 heteroatoms. The molecule has 0 radical (unpaired) electrons. The quantitative estimate of drug-likeness (QED) is 0.832. The average molecular weight is 315 g/mol. The topological polar surface area (TPSA) is 75.4 Å². The van der Waals surface area contributed by atoms with Gasteiger partial charge in [0.1, 0.15) is 6.26 Å². The van der Waals surface area contributed by atoms with Crippen LogP contribution in [0.4, 0.5) is 0 Å². The molecule has 0 aliphatic rings. The van der Waals surface area contributed by atoms with Crippen LogP contribution in [0.25, 0.3) is 11.5 Å². The molecular formula is C13H12Cl2N2O3. The van der Waals surface area contributed by atoms with E-state index in [9.17, 15) is 4.79 Å². The van der Waals surface area contributed by atoms with Gasteiger partial charge in [0, 0.05) is 18.7 Å². The Morgan fingerprint density at radius 3 is 2.85 bits per heavy atom. The van der Waals surface area contributed by atoms with Crippen LogP contribution in [0.1, 0.15) is 16.9 Å². The molecule has 1 heterocycles. The summed E-state index contributed by atoms with van der Waals surface area (Å²) in [6.07, 6.45) is 1.76. The summed E-state index contributed by atoms with van der Waals surface area (Å²) in [5.41, 5.74) is 0.804. The number of aromatic nitrogens is 1. The second-order valence-corrected chi connectivity index (χ2v) is 4.81. The number of nitrogens with one attached hydrogen (secondary N) is 1. The second-order valence-electron chi connectivity index (χ2n) is 4.00. The lowest BCUT2D eigenvalue weighted by Gasteiger charge is -2.00. The molecule has 5 nitrogen and oxygen atoms in total. The van der Waals surface area contributed by atoms with E-state index in [1.54, 1.807) is 18.2 Å². The van der Waals surface area contributed by atoms with Crippen LogP contribution in [0.15, 0.2) is 28.9 Å². The number of carbonyl (C=O) groups is 1. The molecule has 1 aromatic carbocycles. The molecule has 0 bridgehead atoms. The third kappa shape index (κ3) is 3.50. The van der Waals surface area contributed by atoms with Gasteiger partial charge in [-0.05, 0) is 24.6 Å². The molecule has 1 aromatic heterocycles. The van der Waals surface area contributed by atoms with Gasteiger partial charge in [0.15, 0.2) is 5.69 Å². The number of aliphatic hydroxyl groups excluding tert-OH is 1. The minimum atomic E-state index is -0.353. The van der Waals surface area contributed by atoms with Crippen molar-refractivity contribution in [2.45, 2.75) is 6.42 Å². The Bertz CT molecular complexity index is 613. The maximum absolute atomic E-state index is 11.7. The highest BCUT2D eigenvalue weighted by atomic mass is 35.5. The van der Waals surface area contributed by atoms with Gasteiger partial charge in [-0.1, -0.05) is 23.2 Å². The van der Waals surface area contributed by atoms with E-state index in [0.29, 0.717) is 28.6 Å². The summed E-state index contributed by atoms with van der Waals surface area (Å²) in [6.45, 7) is 0.401. The molecule has 0 fully saturated rings. The number of amides is 1. The number of oxazole rings is 1. The van der Waals surface area contributed by atoms with Crippen molar-refractivity contribution >= 4 is 29.1 Å². The summed E-state index contributed by atoms with van der Waals surface area (Å²) in [4.78, 5) is 15.8. The zero-order valence-corrected chi connectivity index (χ0v) is 11.9. The summed E-state index contributed by atoms with van der Waals surface area (Å²) in [5.74, 6) is -0.0654. The van der Waals surface area contributed by atoms with Crippen LogP contribution >= 0.6 is 23.2 Å². The number of benzene rings is 1. The molecule has 0 spiro atoms. The minimum absolute atomic E-state index is 0.0214. The highest BCUT2D eigenvalue weighted by Gasteiger charge is 2.13. The van der Waals surface area contributed by atoms with Crippen LogP contribution in [-0.4, -0.2) is 29.1 Å². The largest absolute Gasteiger partial charge is 0.444 e. The maximum Gasteiger partial charge on any atom is 0.273 e. The number of hydrogen-bond acceptors (Lipinski definition) is 4. The van der Waals surface area contributed by atoms with Gasteiger partial charge in [0.25, 0.3) is 5.91 Å². The molecule has 1 amide bonds. The van der Waals surface area contributed by atoms with Crippen molar-refractivity contribution in [3.63, 3.8) is 0 Å². The summed E-state index contributed by atoms with van der Waals surface area (Å²) in [6, 6.07) is 4.95. The van der Waals surface area contributed by atoms with Crippen LogP contribution in [0.3, 0.4) is 0 Å². The Kier molecular flexibility index (Phi) is 5.00. The molecule has 0 atom stereocenters. The molecule has 0 aliphatic heterocycles. The van der Waals surface area contributed by atoms with Crippen LogP contribution in [0.5, 0.6) is 0 Å². The van der Waals surface area contributed by atoms with Gasteiger partial charge >= 0.3 is 0 Å². The molecule has 2 rings (SSSR count). The Labute approximate surface area is 125 Å². The lowest BCUT2D eigenvalue weighted by atomic mass is 10.2. The van der Waals surface area contributed by atoms with Crippen molar-refractivity contribution in [1.29, 1.82) is 0 Å². The van der Waals surface area contributed by atoms with Crippen molar-refractivity contribution in [3.8, 4) is 11.5 Å². The first-order valence-corrected chi connectivity index (χ1v) is 6.67. The van der Waals surface area contributed by atoms with Crippen molar-refractivity contribution < 1.29 is 14.3 Å². The van der Waals surface area contributed by atoms with E-state index < -0.39 is 0 Å². The van der Waals surface area contributed by atoms with Crippen LogP contribution in [0.2, 0.25) is 10.0 Å². The third-order valence-electron chi connectivity index (χ3n) is 2.52. The van der Waals surface area contributed by atoms with E-state index in [0.717, 1.165) is 0 Å². The zero-order valence-electron chi connectivity index (χ0n) is 10.4. The lowest BCUT2D eigenvalue weighted by molar-refractivity contribution is 0.0946. The summed E-state index contributed by atoms with van der Waals surface area (Å²) >= 11 is 11.7. The first kappa shape index (κ1) is 14.8. The van der Waals surface area contributed by atoms with Crippen molar-refractivity contribution in [2.75, 3.05) is 13.2 Å². The van der Waals surface area contributed by atoms with Gasteiger partial charge in [0.05, 0.1) is 10.0 Å². The number of carbonyl (C=O) groups excluding carboxylic acids is 1. The van der Waals surface area contributed by atoms with Gasteiger partial charge in [-0.3, -0.25) is 4.79 Å². The van der Waals surface area contributed by atoms with Crippen LogP contribution in [0, 0.1) is 0 Å². The fraction of sp³-hybridized carbons (Fsp3) is 0.231.